The van der Waals surface area contributed by atoms with E-state index < -0.39 is 10.8 Å². The van der Waals surface area contributed by atoms with E-state index >= 15 is 0 Å². The molecule has 0 bridgehead atoms. The van der Waals surface area contributed by atoms with Crippen molar-refractivity contribution in [3.05, 3.63) is 75.6 Å². The van der Waals surface area contributed by atoms with Crippen LogP contribution < -0.4 is 10.9 Å². The molecular weight excluding hydrogens is 384 g/mol. The van der Waals surface area contributed by atoms with E-state index in [0.29, 0.717) is 11.3 Å². The quantitative estimate of drug-likeness (QED) is 0.494. The molecule has 0 saturated heterocycles. The summed E-state index contributed by atoms with van der Waals surface area (Å²) in [4.78, 5) is 32.0. The molecule has 1 atom stereocenters. The monoisotopic (exact) mass is 404 g/mol. The summed E-state index contributed by atoms with van der Waals surface area (Å²) >= 11 is 1.13. The van der Waals surface area contributed by atoms with Crippen molar-refractivity contribution in [2.24, 2.45) is 0 Å². The van der Waals surface area contributed by atoms with Crippen LogP contribution in [0.1, 0.15) is 23.6 Å². The van der Waals surface area contributed by atoms with Crippen molar-refractivity contribution in [3.8, 4) is 17.3 Å². The van der Waals surface area contributed by atoms with Crippen LogP contribution in [0.5, 0.6) is 0 Å². The SMILES string of the molecule is Cc1ccc(-c2nc(S[C@H](C)C(=O)Nc3ccccc3C)[nH]c(=O)c2C#N)cc1. The van der Waals surface area contributed by atoms with Crippen molar-refractivity contribution in [1.82, 2.24) is 9.97 Å². The van der Waals surface area contributed by atoms with Crippen LogP contribution in [0, 0.1) is 25.2 Å². The van der Waals surface area contributed by atoms with Gasteiger partial charge in [0.05, 0.1) is 10.9 Å². The van der Waals surface area contributed by atoms with Gasteiger partial charge in [-0.25, -0.2) is 4.98 Å². The number of nitrogens with one attached hydrogen (secondary N) is 2. The van der Waals surface area contributed by atoms with Crippen LogP contribution in [0.25, 0.3) is 11.3 Å². The minimum absolute atomic E-state index is 0.0461. The van der Waals surface area contributed by atoms with E-state index in [2.05, 4.69) is 15.3 Å². The van der Waals surface area contributed by atoms with Gasteiger partial charge in [0.25, 0.3) is 5.56 Å². The van der Waals surface area contributed by atoms with Gasteiger partial charge >= 0.3 is 0 Å². The van der Waals surface area contributed by atoms with Gasteiger partial charge in [0, 0.05) is 11.3 Å². The first-order valence-corrected chi connectivity index (χ1v) is 9.91. The lowest BCUT2D eigenvalue weighted by Gasteiger charge is -2.13. The summed E-state index contributed by atoms with van der Waals surface area (Å²) in [5, 5.41) is 12.1. The summed E-state index contributed by atoms with van der Waals surface area (Å²) in [7, 11) is 0. The normalized spacial score (nSPS) is 11.5. The second-order valence-corrected chi connectivity index (χ2v) is 7.97. The number of para-hydroxylation sites is 1. The molecule has 0 fully saturated rings. The van der Waals surface area contributed by atoms with E-state index in [1.54, 1.807) is 6.92 Å². The van der Waals surface area contributed by atoms with Gasteiger partial charge in [0.2, 0.25) is 5.91 Å². The summed E-state index contributed by atoms with van der Waals surface area (Å²) in [6.45, 7) is 5.61. The highest BCUT2D eigenvalue weighted by Gasteiger charge is 2.19. The van der Waals surface area contributed by atoms with Gasteiger partial charge in [-0.3, -0.25) is 9.59 Å². The molecule has 0 aliphatic carbocycles. The number of benzene rings is 2. The van der Waals surface area contributed by atoms with Crippen LogP contribution in [0.15, 0.2) is 58.5 Å². The third-order valence-electron chi connectivity index (χ3n) is 4.40. The molecule has 146 valence electrons. The number of aromatic nitrogens is 2. The Morgan fingerprint density at radius 3 is 2.52 bits per heavy atom. The Bertz CT molecular complexity index is 1150. The molecule has 7 heteroatoms. The highest BCUT2D eigenvalue weighted by atomic mass is 32.2. The number of hydrogen-bond donors (Lipinski definition) is 2. The summed E-state index contributed by atoms with van der Waals surface area (Å²) in [6.07, 6.45) is 0. The van der Waals surface area contributed by atoms with Gasteiger partial charge in [0.1, 0.15) is 11.6 Å². The first-order chi connectivity index (χ1) is 13.9. The molecular formula is C22H20N4O2S. The van der Waals surface area contributed by atoms with Crippen molar-refractivity contribution in [2.75, 3.05) is 5.32 Å². The van der Waals surface area contributed by atoms with E-state index in [1.807, 2.05) is 68.4 Å². The summed E-state index contributed by atoms with van der Waals surface area (Å²) in [5.74, 6) is -0.201. The Morgan fingerprint density at radius 1 is 1.17 bits per heavy atom. The van der Waals surface area contributed by atoms with Gasteiger partial charge in [-0.15, -0.1) is 0 Å². The Kier molecular flexibility index (Phi) is 6.15. The first-order valence-electron chi connectivity index (χ1n) is 9.03. The number of thioether (sulfide) groups is 1. The number of aromatic amines is 1. The molecule has 1 heterocycles. The predicted molar refractivity (Wildman–Crippen MR) is 115 cm³/mol. The molecule has 0 saturated carbocycles. The minimum Gasteiger partial charge on any atom is -0.325 e. The van der Waals surface area contributed by atoms with Gasteiger partial charge in [0.15, 0.2) is 5.16 Å². The zero-order chi connectivity index (χ0) is 21.0. The summed E-state index contributed by atoms with van der Waals surface area (Å²) in [6, 6.07) is 16.9. The van der Waals surface area contributed by atoms with Crippen LogP contribution >= 0.6 is 11.8 Å². The maximum Gasteiger partial charge on any atom is 0.270 e. The zero-order valence-corrected chi connectivity index (χ0v) is 17.1. The van der Waals surface area contributed by atoms with E-state index in [0.717, 1.165) is 28.6 Å². The third kappa shape index (κ3) is 4.73. The smallest absolute Gasteiger partial charge is 0.270 e. The van der Waals surface area contributed by atoms with E-state index in [4.69, 9.17) is 0 Å². The predicted octanol–water partition coefficient (Wildman–Crippen LogP) is 4.04. The molecule has 3 rings (SSSR count). The fourth-order valence-electron chi connectivity index (χ4n) is 2.70. The number of anilines is 1. The molecule has 0 aliphatic rings. The molecule has 0 aliphatic heterocycles. The Labute approximate surface area is 173 Å². The fraction of sp³-hybridized carbons (Fsp3) is 0.182. The number of nitriles is 1. The van der Waals surface area contributed by atoms with Crippen molar-refractivity contribution in [2.45, 2.75) is 31.2 Å². The standard InChI is InChI=1S/C22H20N4O2S/c1-13-8-10-16(11-9-13)19-17(12-23)21(28)26-22(25-19)29-15(3)20(27)24-18-7-5-4-6-14(18)2/h4-11,15H,1-3H3,(H,24,27)(H,25,26,28)/t15-/m1/s1. The average molecular weight is 404 g/mol. The number of aryl methyl sites for hydroxylation is 2. The number of H-pyrrole nitrogens is 1. The van der Waals surface area contributed by atoms with Crippen molar-refractivity contribution >= 4 is 23.4 Å². The van der Waals surface area contributed by atoms with Gasteiger partial charge in [-0.1, -0.05) is 59.8 Å². The van der Waals surface area contributed by atoms with Crippen LogP contribution in [-0.4, -0.2) is 21.1 Å². The molecule has 2 aromatic carbocycles. The molecule has 6 nitrogen and oxygen atoms in total. The number of carbonyl (C=O) groups is 1. The fourth-order valence-corrected chi connectivity index (χ4v) is 3.50. The topological polar surface area (TPSA) is 98.6 Å². The molecule has 1 aromatic heterocycles. The Hall–Kier alpha value is -3.37. The van der Waals surface area contributed by atoms with Gasteiger partial charge < -0.3 is 10.3 Å². The zero-order valence-electron chi connectivity index (χ0n) is 16.3. The molecule has 0 radical (unpaired) electrons. The Morgan fingerprint density at radius 2 is 1.86 bits per heavy atom. The third-order valence-corrected chi connectivity index (χ3v) is 5.38. The lowest BCUT2D eigenvalue weighted by atomic mass is 10.1. The van der Waals surface area contributed by atoms with E-state index in [-0.39, 0.29) is 16.6 Å². The largest absolute Gasteiger partial charge is 0.325 e. The number of hydrogen-bond acceptors (Lipinski definition) is 5. The molecule has 29 heavy (non-hydrogen) atoms. The molecule has 1 amide bonds. The van der Waals surface area contributed by atoms with Crippen LogP contribution in [0.4, 0.5) is 5.69 Å². The van der Waals surface area contributed by atoms with Gasteiger partial charge in [-0.05, 0) is 32.4 Å². The van der Waals surface area contributed by atoms with Crippen molar-refractivity contribution in [1.29, 1.82) is 5.26 Å². The summed E-state index contributed by atoms with van der Waals surface area (Å²) < 4.78 is 0. The maximum atomic E-state index is 12.6. The molecule has 3 aromatic rings. The van der Waals surface area contributed by atoms with Gasteiger partial charge in [-0.2, -0.15) is 5.26 Å². The molecule has 0 spiro atoms. The lowest BCUT2D eigenvalue weighted by molar-refractivity contribution is -0.115. The maximum absolute atomic E-state index is 12.6. The van der Waals surface area contributed by atoms with Crippen LogP contribution in [0.2, 0.25) is 0 Å². The summed E-state index contributed by atoms with van der Waals surface area (Å²) in [5.41, 5.74) is 3.19. The van der Waals surface area contributed by atoms with E-state index in [9.17, 15) is 14.9 Å². The Balaban J connectivity index is 1.86. The number of nitrogens with zero attached hydrogens (tertiary/aromatic N) is 2. The lowest BCUT2D eigenvalue weighted by Crippen LogP contribution is -2.24. The molecule has 2 N–H and O–H groups in total. The van der Waals surface area contributed by atoms with Crippen LogP contribution in [0.3, 0.4) is 0 Å². The second kappa shape index (κ2) is 8.76. The number of carbonyl (C=O) groups excluding carboxylic acids is 1. The highest BCUT2D eigenvalue weighted by Crippen LogP contribution is 2.25. The van der Waals surface area contributed by atoms with Crippen LogP contribution in [-0.2, 0) is 4.79 Å². The molecule has 0 unspecified atom stereocenters. The number of rotatable bonds is 5. The average Bonchev–Trinajstić information content (AvgIpc) is 2.70. The highest BCUT2D eigenvalue weighted by molar-refractivity contribution is 8.00. The minimum atomic E-state index is -0.521. The van der Waals surface area contributed by atoms with E-state index in [1.165, 1.54) is 0 Å². The second-order valence-electron chi connectivity index (χ2n) is 6.64. The van der Waals surface area contributed by atoms with Crippen molar-refractivity contribution in [3.63, 3.8) is 0 Å². The first kappa shape index (κ1) is 20.4. The van der Waals surface area contributed by atoms with Crippen molar-refractivity contribution < 1.29 is 4.79 Å². The number of amides is 1.